The molecule has 0 aromatic rings. The van der Waals surface area contributed by atoms with Gasteiger partial charge in [-0.25, -0.2) is 0 Å². The molecule has 0 spiro atoms. The van der Waals surface area contributed by atoms with Crippen molar-refractivity contribution in [2.24, 2.45) is 0 Å². The molecule has 0 N–H and O–H groups in total. The minimum Gasteiger partial charge on any atom is -0.456 e. The van der Waals surface area contributed by atoms with Crippen molar-refractivity contribution >= 4 is 0 Å². The molecule has 1 aliphatic carbocycles. The van der Waals surface area contributed by atoms with Crippen molar-refractivity contribution in [2.45, 2.75) is 63.6 Å². The fraction of sp³-hybridized carbons (Fsp3) is 0.833. The van der Waals surface area contributed by atoms with Crippen LogP contribution in [0, 0.1) is 0 Å². The lowest BCUT2D eigenvalue weighted by Gasteiger charge is -1.99. The van der Waals surface area contributed by atoms with Crippen molar-refractivity contribution in [1.29, 1.82) is 0 Å². The third-order valence-electron chi connectivity index (χ3n) is 3.45. The summed E-state index contributed by atoms with van der Waals surface area (Å²) in [6.07, 6.45) is 11.5. The summed E-state index contributed by atoms with van der Waals surface area (Å²) in [4.78, 5) is 0. The zero-order valence-electron chi connectivity index (χ0n) is 8.63. The molecule has 78 valence electrons. The zero-order valence-corrected chi connectivity index (χ0v) is 8.63. The number of rotatable bonds is 0. The molecular weight excluding hydrogens is 176 g/mol. The fourth-order valence-electron chi connectivity index (χ4n) is 2.43. The summed E-state index contributed by atoms with van der Waals surface area (Å²) in [6, 6.07) is 0. The molecule has 0 aromatic heterocycles. The number of ether oxygens (including phenoxy) is 2. The van der Waals surface area contributed by atoms with Gasteiger partial charge in [0, 0.05) is 6.42 Å². The molecule has 0 radical (unpaired) electrons. The van der Waals surface area contributed by atoms with Crippen molar-refractivity contribution in [1.82, 2.24) is 0 Å². The van der Waals surface area contributed by atoms with Crippen LogP contribution in [-0.4, -0.2) is 12.2 Å². The summed E-state index contributed by atoms with van der Waals surface area (Å²) < 4.78 is 11.1. The Morgan fingerprint density at radius 3 is 2.64 bits per heavy atom. The Hall–Kier alpha value is -0.500. The van der Waals surface area contributed by atoms with Gasteiger partial charge in [-0.2, -0.15) is 0 Å². The molecule has 2 heteroatoms. The molecule has 2 atom stereocenters. The van der Waals surface area contributed by atoms with E-state index in [2.05, 4.69) is 0 Å². The summed E-state index contributed by atoms with van der Waals surface area (Å²) >= 11 is 0. The van der Waals surface area contributed by atoms with E-state index in [1.807, 2.05) is 0 Å². The Labute approximate surface area is 85.3 Å². The van der Waals surface area contributed by atoms with Crippen LogP contribution in [-0.2, 0) is 9.47 Å². The molecule has 2 aliphatic heterocycles. The van der Waals surface area contributed by atoms with E-state index in [4.69, 9.17) is 9.47 Å². The standard InChI is InChI=1S/C12H18O2/c1-2-4-6-8-10-12(14-10)11-9(13-11)7-5-3-1/h9,11H,1-8H2. The quantitative estimate of drug-likeness (QED) is 0.553. The van der Waals surface area contributed by atoms with Crippen molar-refractivity contribution in [3.63, 3.8) is 0 Å². The molecule has 3 aliphatic rings. The van der Waals surface area contributed by atoms with Crippen LogP contribution in [0.5, 0.6) is 0 Å². The molecule has 0 bridgehead atoms. The maximum Gasteiger partial charge on any atom is 0.173 e. The first-order valence-corrected chi connectivity index (χ1v) is 6.01. The highest BCUT2D eigenvalue weighted by molar-refractivity contribution is 5.27. The van der Waals surface area contributed by atoms with Crippen LogP contribution >= 0.6 is 0 Å². The second-order valence-corrected chi connectivity index (χ2v) is 4.64. The number of fused-ring (bicyclic) bond motifs is 2. The van der Waals surface area contributed by atoms with Gasteiger partial charge in [-0.3, -0.25) is 0 Å². The third kappa shape index (κ3) is 1.81. The van der Waals surface area contributed by atoms with Gasteiger partial charge in [0.25, 0.3) is 0 Å². The SMILES string of the molecule is C1CCCCC2OC2C2=C(CCC1)O2. The lowest BCUT2D eigenvalue weighted by molar-refractivity contribution is 0.344. The van der Waals surface area contributed by atoms with Gasteiger partial charge in [-0.05, 0) is 12.8 Å². The van der Waals surface area contributed by atoms with E-state index in [1.54, 1.807) is 0 Å². The van der Waals surface area contributed by atoms with Crippen LogP contribution in [0.2, 0.25) is 0 Å². The van der Waals surface area contributed by atoms with E-state index < -0.39 is 0 Å². The molecule has 2 unspecified atom stereocenters. The summed E-state index contributed by atoms with van der Waals surface area (Å²) in [7, 11) is 0. The van der Waals surface area contributed by atoms with Gasteiger partial charge in [0.15, 0.2) is 5.76 Å². The van der Waals surface area contributed by atoms with Crippen LogP contribution in [0.25, 0.3) is 0 Å². The van der Waals surface area contributed by atoms with Crippen LogP contribution < -0.4 is 0 Å². The number of hydrogen-bond donors (Lipinski definition) is 0. The van der Waals surface area contributed by atoms with Gasteiger partial charge in [0.1, 0.15) is 11.9 Å². The first-order valence-electron chi connectivity index (χ1n) is 6.01. The Kier molecular flexibility index (Phi) is 2.24. The van der Waals surface area contributed by atoms with Gasteiger partial charge in [-0.1, -0.05) is 32.1 Å². The smallest absolute Gasteiger partial charge is 0.173 e. The molecular formula is C12H18O2. The molecule has 1 saturated heterocycles. The first kappa shape index (κ1) is 8.78. The van der Waals surface area contributed by atoms with Crippen LogP contribution in [0.15, 0.2) is 11.5 Å². The molecule has 0 aromatic carbocycles. The average molecular weight is 194 g/mol. The lowest BCUT2D eigenvalue weighted by atomic mass is 10.0. The zero-order chi connectivity index (χ0) is 9.38. The van der Waals surface area contributed by atoms with E-state index in [0.29, 0.717) is 12.2 Å². The minimum atomic E-state index is 0.365. The second-order valence-electron chi connectivity index (χ2n) is 4.64. The topological polar surface area (TPSA) is 25.1 Å². The molecule has 0 saturated carbocycles. The van der Waals surface area contributed by atoms with Crippen LogP contribution in [0.4, 0.5) is 0 Å². The predicted octanol–water partition coefficient (Wildman–Crippen LogP) is 3.13. The summed E-state index contributed by atoms with van der Waals surface area (Å²) in [6.45, 7) is 0. The lowest BCUT2D eigenvalue weighted by Crippen LogP contribution is -1.93. The molecule has 0 amide bonds. The van der Waals surface area contributed by atoms with E-state index in [9.17, 15) is 0 Å². The normalized spacial score (nSPS) is 37.1. The summed E-state index contributed by atoms with van der Waals surface area (Å²) in [5, 5.41) is 0. The molecule has 1 fully saturated rings. The van der Waals surface area contributed by atoms with Gasteiger partial charge in [-0.15, -0.1) is 0 Å². The largest absolute Gasteiger partial charge is 0.456 e. The van der Waals surface area contributed by atoms with E-state index in [1.165, 1.54) is 56.5 Å². The fourth-order valence-corrected chi connectivity index (χ4v) is 2.43. The third-order valence-corrected chi connectivity index (χ3v) is 3.45. The van der Waals surface area contributed by atoms with Crippen LogP contribution in [0.1, 0.15) is 51.4 Å². The van der Waals surface area contributed by atoms with Gasteiger partial charge < -0.3 is 9.47 Å². The highest BCUT2D eigenvalue weighted by atomic mass is 16.6. The maximum atomic E-state index is 5.60. The second kappa shape index (κ2) is 3.58. The van der Waals surface area contributed by atoms with Crippen molar-refractivity contribution in [3.8, 4) is 0 Å². The monoisotopic (exact) mass is 194 g/mol. The number of allylic oxidation sites excluding steroid dienone is 1. The summed E-state index contributed by atoms with van der Waals surface area (Å²) in [5.74, 6) is 2.44. The van der Waals surface area contributed by atoms with Crippen LogP contribution in [0.3, 0.4) is 0 Å². The van der Waals surface area contributed by atoms with Gasteiger partial charge in [0.05, 0.1) is 6.10 Å². The van der Waals surface area contributed by atoms with E-state index >= 15 is 0 Å². The highest BCUT2D eigenvalue weighted by Gasteiger charge is 2.49. The highest BCUT2D eigenvalue weighted by Crippen LogP contribution is 2.45. The molecule has 14 heavy (non-hydrogen) atoms. The Bertz CT molecular complexity index is 257. The predicted molar refractivity (Wildman–Crippen MR) is 53.7 cm³/mol. The minimum absolute atomic E-state index is 0.365. The maximum absolute atomic E-state index is 5.60. The first-order chi connectivity index (χ1) is 6.95. The van der Waals surface area contributed by atoms with Crippen molar-refractivity contribution < 1.29 is 9.47 Å². The average Bonchev–Trinajstić information content (AvgIpc) is 3.00. The number of epoxide rings is 1. The van der Waals surface area contributed by atoms with E-state index in [0.717, 1.165) is 6.42 Å². The van der Waals surface area contributed by atoms with Crippen molar-refractivity contribution in [3.05, 3.63) is 11.5 Å². The number of hydrogen-bond acceptors (Lipinski definition) is 2. The molecule has 3 rings (SSSR count). The van der Waals surface area contributed by atoms with Gasteiger partial charge in [0.2, 0.25) is 0 Å². The summed E-state index contributed by atoms with van der Waals surface area (Å²) in [5.41, 5.74) is 0. The van der Waals surface area contributed by atoms with Gasteiger partial charge >= 0.3 is 0 Å². The molecule has 2 nitrogen and oxygen atoms in total. The Balaban J connectivity index is 1.58. The Morgan fingerprint density at radius 1 is 0.929 bits per heavy atom. The van der Waals surface area contributed by atoms with Crippen molar-refractivity contribution in [2.75, 3.05) is 0 Å². The van der Waals surface area contributed by atoms with E-state index in [-0.39, 0.29) is 0 Å². The Morgan fingerprint density at radius 2 is 1.71 bits per heavy atom. The molecule has 2 heterocycles.